The zero-order valence-corrected chi connectivity index (χ0v) is 20.9. The van der Waals surface area contributed by atoms with E-state index >= 15 is 4.39 Å². The number of halogens is 4. The van der Waals surface area contributed by atoms with Gasteiger partial charge < -0.3 is 9.80 Å². The Morgan fingerprint density at radius 1 is 1.15 bits per heavy atom. The minimum atomic E-state index is -4.73. The molecule has 2 aromatic rings. The summed E-state index contributed by atoms with van der Waals surface area (Å²) in [5, 5.41) is -0.475. The lowest BCUT2D eigenvalue weighted by molar-refractivity contribution is 0.179. The van der Waals surface area contributed by atoms with E-state index in [0.717, 1.165) is 44.3 Å². The number of nitrogens with one attached hydrogen (secondary N) is 1. The molecular formula is C23H28ClF3N4O2S. The van der Waals surface area contributed by atoms with Gasteiger partial charge in [-0.1, -0.05) is 38.4 Å². The number of nitrogens with zero attached hydrogens (tertiary/aromatic N) is 3. The summed E-state index contributed by atoms with van der Waals surface area (Å²) in [6, 6.07) is 4.32. The van der Waals surface area contributed by atoms with Crippen molar-refractivity contribution in [3.8, 4) is 0 Å². The van der Waals surface area contributed by atoms with E-state index in [9.17, 15) is 17.2 Å². The van der Waals surface area contributed by atoms with Crippen LogP contribution in [-0.4, -0.2) is 51.0 Å². The maximum Gasteiger partial charge on any atom is 0.268 e. The number of hydrogen-bond acceptors (Lipinski definition) is 5. The summed E-state index contributed by atoms with van der Waals surface area (Å²) in [7, 11) is -4.73. The second kappa shape index (κ2) is 8.87. The summed E-state index contributed by atoms with van der Waals surface area (Å²) in [5.74, 6) is -4.02. The highest BCUT2D eigenvalue weighted by atomic mass is 35.5. The average molecular weight is 517 g/mol. The van der Waals surface area contributed by atoms with Crippen LogP contribution in [0.25, 0.3) is 0 Å². The Morgan fingerprint density at radius 3 is 2.47 bits per heavy atom. The van der Waals surface area contributed by atoms with Gasteiger partial charge in [-0.05, 0) is 43.5 Å². The van der Waals surface area contributed by atoms with Gasteiger partial charge in [-0.15, -0.1) is 0 Å². The molecule has 0 unspecified atom stereocenters. The summed E-state index contributed by atoms with van der Waals surface area (Å²) in [6.07, 6.45) is 2.11. The number of likely N-dealkylation sites (tertiary alicyclic amines) is 1. The third-order valence-electron chi connectivity index (χ3n) is 6.59. The number of rotatable bonds is 7. The van der Waals surface area contributed by atoms with Gasteiger partial charge in [0.05, 0.1) is 5.69 Å². The highest BCUT2D eigenvalue weighted by molar-refractivity contribution is 7.92. The molecule has 34 heavy (non-hydrogen) atoms. The number of anilines is 2. The average Bonchev–Trinajstić information content (AvgIpc) is 3.05. The van der Waals surface area contributed by atoms with Crippen molar-refractivity contribution in [2.45, 2.75) is 38.5 Å². The monoisotopic (exact) mass is 516 g/mol. The van der Waals surface area contributed by atoms with Crippen LogP contribution in [0, 0.1) is 28.4 Å². The van der Waals surface area contributed by atoms with Gasteiger partial charge in [-0.3, -0.25) is 4.72 Å². The minimum absolute atomic E-state index is 0.0294. The molecule has 11 heteroatoms. The first-order valence-corrected chi connectivity index (χ1v) is 12.9. The molecule has 2 aliphatic rings. The van der Waals surface area contributed by atoms with Gasteiger partial charge in [-0.2, -0.15) is 4.39 Å². The molecule has 1 aromatic heterocycles. The summed E-state index contributed by atoms with van der Waals surface area (Å²) in [6.45, 7) is 10.9. The first-order valence-electron chi connectivity index (χ1n) is 11.1. The first-order chi connectivity index (χ1) is 15.8. The van der Waals surface area contributed by atoms with Crippen molar-refractivity contribution < 1.29 is 21.6 Å². The fourth-order valence-corrected chi connectivity index (χ4v) is 6.21. The van der Waals surface area contributed by atoms with Crippen molar-refractivity contribution in [1.82, 2.24) is 9.88 Å². The van der Waals surface area contributed by atoms with Crippen LogP contribution in [0.3, 0.4) is 0 Å². The quantitative estimate of drug-likeness (QED) is 0.419. The molecule has 2 saturated heterocycles. The molecule has 186 valence electrons. The molecule has 0 spiro atoms. The highest BCUT2D eigenvalue weighted by Crippen LogP contribution is 2.43. The molecule has 2 aliphatic heterocycles. The molecule has 4 rings (SSSR count). The molecule has 6 nitrogen and oxygen atoms in total. The van der Waals surface area contributed by atoms with Gasteiger partial charge in [0.15, 0.2) is 10.7 Å². The number of hydrogen-bond donors (Lipinski definition) is 1. The van der Waals surface area contributed by atoms with E-state index in [-0.39, 0.29) is 11.1 Å². The van der Waals surface area contributed by atoms with Crippen LogP contribution in [0.1, 0.15) is 33.6 Å². The van der Waals surface area contributed by atoms with E-state index in [2.05, 4.69) is 30.7 Å². The zero-order valence-electron chi connectivity index (χ0n) is 19.3. The van der Waals surface area contributed by atoms with Crippen LogP contribution in [0.2, 0.25) is 5.02 Å². The van der Waals surface area contributed by atoms with E-state index in [1.807, 2.05) is 4.72 Å². The highest BCUT2D eigenvalue weighted by Gasteiger charge is 2.41. The Hall–Kier alpha value is -2.04. The molecule has 0 saturated carbocycles. The second-order valence-corrected chi connectivity index (χ2v) is 12.4. The Labute approximate surface area is 203 Å². The second-order valence-electron chi connectivity index (χ2n) is 10.4. The lowest BCUT2D eigenvalue weighted by Crippen LogP contribution is -2.56. The maximum atomic E-state index is 15.0. The zero-order chi connectivity index (χ0) is 24.9. The molecule has 0 aliphatic carbocycles. The third kappa shape index (κ3) is 5.13. The van der Waals surface area contributed by atoms with Gasteiger partial charge in [0.2, 0.25) is 5.95 Å². The molecule has 0 bridgehead atoms. The van der Waals surface area contributed by atoms with Gasteiger partial charge in [-0.25, -0.2) is 22.2 Å². The standard InChI is InChI=1S/C23H28ClF3N4O2S/c1-22(2)7-9-30(12-22)10-8-23(3)13-31(14-23)16-11-15(25)21(20(27)19(16)24)34(32,33)29-18-6-4-5-17(26)28-18/h4-6,11H,7-10,12-14H2,1-3H3,(H,28,29). The molecule has 2 fully saturated rings. The Balaban J connectivity index is 1.47. The predicted molar refractivity (Wildman–Crippen MR) is 126 cm³/mol. The normalized spacial score (nSPS) is 19.8. The van der Waals surface area contributed by atoms with Crippen molar-refractivity contribution in [2.75, 3.05) is 42.3 Å². The van der Waals surface area contributed by atoms with Crippen LogP contribution >= 0.6 is 11.6 Å². The van der Waals surface area contributed by atoms with Crippen LogP contribution in [0.4, 0.5) is 24.7 Å². The number of aromatic nitrogens is 1. The van der Waals surface area contributed by atoms with Crippen LogP contribution in [0.15, 0.2) is 29.2 Å². The Kier molecular flexibility index (Phi) is 6.54. The molecule has 0 amide bonds. The summed E-state index contributed by atoms with van der Waals surface area (Å²) in [4.78, 5) is 6.32. The molecule has 1 N–H and O–H groups in total. The molecule has 0 atom stereocenters. The van der Waals surface area contributed by atoms with E-state index in [0.29, 0.717) is 18.5 Å². The van der Waals surface area contributed by atoms with E-state index in [1.165, 1.54) is 12.5 Å². The lowest BCUT2D eigenvalue weighted by Gasteiger charge is -2.50. The fourth-order valence-electron chi connectivity index (χ4n) is 4.74. The maximum absolute atomic E-state index is 15.0. The van der Waals surface area contributed by atoms with Crippen molar-refractivity contribution in [3.05, 3.63) is 46.9 Å². The van der Waals surface area contributed by atoms with Gasteiger partial charge in [0, 0.05) is 31.1 Å². The van der Waals surface area contributed by atoms with Gasteiger partial charge >= 0.3 is 0 Å². The summed E-state index contributed by atoms with van der Waals surface area (Å²) < 4.78 is 70.2. The van der Waals surface area contributed by atoms with Crippen LogP contribution < -0.4 is 9.62 Å². The number of benzene rings is 1. The minimum Gasteiger partial charge on any atom is -0.369 e. The van der Waals surface area contributed by atoms with Gasteiger partial charge in [0.1, 0.15) is 16.7 Å². The van der Waals surface area contributed by atoms with Crippen molar-refractivity contribution in [1.29, 1.82) is 0 Å². The van der Waals surface area contributed by atoms with E-state index in [4.69, 9.17) is 11.6 Å². The fraction of sp³-hybridized carbons (Fsp3) is 0.522. The largest absolute Gasteiger partial charge is 0.369 e. The van der Waals surface area contributed by atoms with Crippen molar-refractivity contribution >= 4 is 33.1 Å². The summed E-state index contributed by atoms with van der Waals surface area (Å²) in [5.41, 5.74) is 0.411. The smallest absolute Gasteiger partial charge is 0.268 e. The van der Waals surface area contributed by atoms with Crippen LogP contribution in [0.5, 0.6) is 0 Å². The van der Waals surface area contributed by atoms with E-state index in [1.54, 1.807) is 4.90 Å². The first kappa shape index (κ1) is 25.1. The summed E-state index contributed by atoms with van der Waals surface area (Å²) >= 11 is 6.16. The van der Waals surface area contributed by atoms with E-state index < -0.39 is 43.3 Å². The molecular weight excluding hydrogens is 489 g/mol. The number of pyridine rings is 1. The van der Waals surface area contributed by atoms with Gasteiger partial charge in [0.25, 0.3) is 10.0 Å². The molecule has 0 radical (unpaired) electrons. The lowest BCUT2D eigenvalue weighted by atomic mass is 9.78. The Bertz CT molecular complexity index is 1200. The molecule has 3 heterocycles. The third-order valence-corrected chi connectivity index (χ3v) is 8.34. The van der Waals surface area contributed by atoms with Crippen LogP contribution in [-0.2, 0) is 10.0 Å². The topological polar surface area (TPSA) is 65.5 Å². The Morgan fingerprint density at radius 2 is 1.85 bits per heavy atom. The molecule has 1 aromatic carbocycles. The predicted octanol–water partition coefficient (Wildman–Crippen LogP) is 4.90. The number of sulfonamides is 1. The van der Waals surface area contributed by atoms with Crippen molar-refractivity contribution in [2.24, 2.45) is 10.8 Å². The van der Waals surface area contributed by atoms with Crippen molar-refractivity contribution in [3.63, 3.8) is 0 Å². The SMILES string of the molecule is CC1(C)CCN(CCC2(C)CN(c3cc(F)c(S(=O)(=O)Nc4cccc(F)n4)c(F)c3Cl)C2)C1.